The van der Waals surface area contributed by atoms with E-state index in [9.17, 15) is 14.4 Å². The van der Waals surface area contributed by atoms with Gasteiger partial charge in [-0.25, -0.2) is 0 Å². The van der Waals surface area contributed by atoms with Crippen molar-refractivity contribution in [2.75, 3.05) is 0 Å². The van der Waals surface area contributed by atoms with Crippen LogP contribution in [0.2, 0.25) is 0 Å². The number of ketones is 3. The first kappa shape index (κ1) is 9.90. The summed E-state index contributed by atoms with van der Waals surface area (Å²) < 4.78 is 0. The first-order valence-electron chi connectivity index (χ1n) is 5.32. The molecule has 0 radical (unpaired) electrons. The van der Waals surface area contributed by atoms with Crippen molar-refractivity contribution in [1.82, 2.24) is 0 Å². The Bertz CT molecular complexity index is 633. The van der Waals surface area contributed by atoms with E-state index in [4.69, 9.17) is 0 Å². The Kier molecular flexibility index (Phi) is 1.95. The molecule has 3 rings (SSSR count). The van der Waals surface area contributed by atoms with E-state index >= 15 is 0 Å². The molecule has 2 aliphatic carbocycles. The van der Waals surface area contributed by atoms with Crippen LogP contribution in [0.4, 0.5) is 0 Å². The van der Waals surface area contributed by atoms with E-state index in [0.717, 1.165) is 0 Å². The molecule has 0 aliphatic heterocycles. The highest BCUT2D eigenvalue weighted by Gasteiger charge is 2.33. The fourth-order valence-corrected chi connectivity index (χ4v) is 2.18. The zero-order chi connectivity index (χ0) is 12.0. The third kappa shape index (κ3) is 1.32. The lowest BCUT2D eigenvalue weighted by Gasteiger charge is -2.21. The monoisotopic (exact) mass is 224 g/mol. The zero-order valence-corrected chi connectivity index (χ0v) is 8.90. The van der Waals surface area contributed by atoms with Crippen LogP contribution >= 0.6 is 0 Å². The lowest BCUT2D eigenvalue weighted by molar-refractivity contribution is -0.113. The summed E-state index contributed by atoms with van der Waals surface area (Å²) in [5, 5.41) is 0. The molecule has 1 aromatic rings. The zero-order valence-electron chi connectivity index (χ0n) is 8.90. The van der Waals surface area contributed by atoms with Crippen molar-refractivity contribution in [2.45, 2.75) is 6.42 Å². The normalized spacial score (nSPS) is 18.2. The van der Waals surface area contributed by atoms with E-state index in [0.29, 0.717) is 16.7 Å². The number of carbonyl (C=O) groups excluding carboxylic acids is 3. The summed E-state index contributed by atoms with van der Waals surface area (Å²) in [6.07, 6.45) is 3.03. The molecule has 0 aromatic heterocycles. The number of hydrogen-bond donors (Lipinski definition) is 0. The minimum absolute atomic E-state index is 0.135. The predicted octanol–water partition coefficient (Wildman–Crippen LogP) is 1.89. The van der Waals surface area contributed by atoms with Crippen LogP contribution in [0.15, 0.2) is 47.6 Å². The lowest BCUT2D eigenvalue weighted by Crippen LogP contribution is -2.25. The Balaban J connectivity index is 2.29. The average molecular weight is 224 g/mol. The first-order valence-corrected chi connectivity index (χ1v) is 5.32. The van der Waals surface area contributed by atoms with Gasteiger partial charge < -0.3 is 0 Å². The van der Waals surface area contributed by atoms with E-state index in [2.05, 4.69) is 0 Å². The molecule has 82 valence electrons. The molecular weight excluding hydrogens is 216 g/mol. The van der Waals surface area contributed by atoms with Gasteiger partial charge in [-0.1, -0.05) is 30.3 Å². The van der Waals surface area contributed by atoms with Gasteiger partial charge >= 0.3 is 0 Å². The lowest BCUT2D eigenvalue weighted by atomic mass is 9.79. The van der Waals surface area contributed by atoms with Crippen molar-refractivity contribution < 1.29 is 14.4 Å². The van der Waals surface area contributed by atoms with Crippen LogP contribution in [0.1, 0.15) is 27.1 Å². The smallest absolute Gasteiger partial charge is 0.194 e. The van der Waals surface area contributed by atoms with Crippen molar-refractivity contribution in [3.8, 4) is 0 Å². The molecule has 0 atom stereocenters. The Labute approximate surface area is 97.4 Å². The van der Waals surface area contributed by atoms with Crippen LogP contribution in [-0.4, -0.2) is 17.3 Å². The van der Waals surface area contributed by atoms with Crippen molar-refractivity contribution >= 4 is 17.3 Å². The van der Waals surface area contributed by atoms with Crippen molar-refractivity contribution in [1.29, 1.82) is 0 Å². The van der Waals surface area contributed by atoms with Crippen LogP contribution in [0.5, 0.6) is 0 Å². The molecule has 0 bridgehead atoms. The van der Waals surface area contributed by atoms with Crippen LogP contribution in [-0.2, 0) is 4.79 Å². The number of allylic oxidation sites excluding steroid dienone is 4. The Morgan fingerprint density at radius 2 is 1.41 bits per heavy atom. The van der Waals surface area contributed by atoms with Gasteiger partial charge in [0.1, 0.15) is 0 Å². The highest BCUT2D eigenvalue weighted by molar-refractivity contribution is 6.32. The molecule has 0 amide bonds. The van der Waals surface area contributed by atoms with Crippen molar-refractivity contribution in [2.24, 2.45) is 0 Å². The highest BCUT2D eigenvalue weighted by atomic mass is 16.1. The number of benzene rings is 1. The first-order chi connectivity index (χ1) is 8.18. The van der Waals surface area contributed by atoms with E-state index in [1.54, 1.807) is 30.3 Å². The van der Waals surface area contributed by atoms with Crippen LogP contribution < -0.4 is 0 Å². The van der Waals surface area contributed by atoms with Crippen molar-refractivity contribution in [3.05, 3.63) is 58.7 Å². The molecule has 0 saturated heterocycles. The summed E-state index contributed by atoms with van der Waals surface area (Å²) in [5.74, 6) is -0.539. The van der Waals surface area contributed by atoms with Gasteiger partial charge in [0.05, 0.1) is 0 Å². The quantitative estimate of drug-likeness (QED) is 0.676. The summed E-state index contributed by atoms with van der Waals surface area (Å²) in [5.41, 5.74) is 1.42. The van der Waals surface area contributed by atoms with Crippen LogP contribution in [0.25, 0.3) is 0 Å². The molecular formula is C14H8O3. The molecule has 0 N–H and O–H groups in total. The Morgan fingerprint density at radius 1 is 0.824 bits per heavy atom. The average Bonchev–Trinajstić information content (AvgIpc) is 2.36. The van der Waals surface area contributed by atoms with Gasteiger partial charge in [0, 0.05) is 28.7 Å². The minimum Gasteiger partial charge on any atom is -0.294 e. The fraction of sp³-hybridized carbons (Fsp3) is 0.0714. The van der Waals surface area contributed by atoms with Gasteiger partial charge in [-0.2, -0.15) is 0 Å². The minimum atomic E-state index is -0.237. The summed E-state index contributed by atoms with van der Waals surface area (Å²) >= 11 is 0. The number of carbonyl (C=O) groups is 3. The topological polar surface area (TPSA) is 51.2 Å². The number of hydrogen-bond acceptors (Lipinski definition) is 3. The van der Waals surface area contributed by atoms with E-state index < -0.39 is 0 Å². The molecule has 0 unspecified atom stereocenters. The molecule has 0 spiro atoms. The summed E-state index contributed by atoms with van der Waals surface area (Å²) in [6, 6.07) is 6.70. The van der Waals surface area contributed by atoms with E-state index in [1.807, 2.05) is 0 Å². The van der Waals surface area contributed by atoms with Gasteiger partial charge in [-0.05, 0) is 6.08 Å². The van der Waals surface area contributed by atoms with Gasteiger partial charge in [0.25, 0.3) is 0 Å². The predicted molar refractivity (Wildman–Crippen MR) is 60.9 cm³/mol. The SMILES string of the molecule is O=C1C=C2C(=O)c3ccccc3C(=O)C2=CC1. The second-order valence-electron chi connectivity index (χ2n) is 4.05. The Morgan fingerprint density at radius 3 is 2.06 bits per heavy atom. The number of fused-ring (bicyclic) bond motifs is 2. The van der Waals surface area contributed by atoms with E-state index in [-0.39, 0.29) is 29.3 Å². The molecule has 0 saturated carbocycles. The Hall–Kier alpha value is -2.29. The van der Waals surface area contributed by atoms with Gasteiger partial charge in [-0.3, -0.25) is 14.4 Å². The van der Waals surface area contributed by atoms with Crippen LogP contribution in [0.3, 0.4) is 0 Å². The second kappa shape index (κ2) is 3.35. The van der Waals surface area contributed by atoms with Crippen LogP contribution in [0, 0.1) is 0 Å². The molecule has 3 heteroatoms. The fourth-order valence-electron chi connectivity index (χ4n) is 2.18. The molecule has 3 nitrogen and oxygen atoms in total. The molecule has 17 heavy (non-hydrogen) atoms. The summed E-state index contributed by atoms with van der Waals surface area (Å²) in [6.45, 7) is 0. The standard InChI is InChI=1S/C14H8O3/c15-8-5-6-11-12(7-8)14(17)10-4-2-1-3-9(10)13(11)16/h1-4,6-7H,5H2. The highest BCUT2D eigenvalue weighted by Crippen LogP contribution is 2.31. The maximum absolute atomic E-state index is 12.1. The molecule has 0 heterocycles. The third-order valence-corrected chi connectivity index (χ3v) is 3.01. The van der Waals surface area contributed by atoms with Gasteiger partial charge in [-0.15, -0.1) is 0 Å². The molecule has 1 aromatic carbocycles. The second-order valence-corrected chi connectivity index (χ2v) is 4.05. The maximum atomic E-state index is 12.1. The number of rotatable bonds is 0. The van der Waals surface area contributed by atoms with Crippen molar-refractivity contribution in [3.63, 3.8) is 0 Å². The maximum Gasteiger partial charge on any atom is 0.194 e. The summed E-state index contributed by atoms with van der Waals surface area (Å²) in [4.78, 5) is 35.6. The number of Topliss-reactive ketones (excluding diaryl/α,β-unsaturated/α-hetero) is 2. The van der Waals surface area contributed by atoms with E-state index in [1.165, 1.54) is 6.08 Å². The van der Waals surface area contributed by atoms with Gasteiger partial charge in [0.15, 0.2) is 17.3 Å². The molecule has 2 aliphatic rings. The summed E-state index contributed by atoms with van der Waals surface area (Å²) in [7, 11) is 0. The van der Waals surface area contributed by atoms with Gasteiger partial charge in [0.2, 0.25) is 0 Å². The molecule has 0 fully saturated rings. The largest absolute Gasteiger partial charge is 0.294 e. The third-order valence-electron chi connectivity index (χ3n) is 3.01.